The van der Waals surface area contributed by atoms with Gasteiger partial charge in [0, 0.05) is 12.0 Å². The van der Waals surface area contributed by atoms with Crippen molar-refractivity contribution in [1.82, 2.24) is 0 Å². The molecule has 0 spiro atoms. The van der Waals surface area contributed by atoms with E-state index in [1.54, 1.807) is 18.2 Å². The monoisotopic (exact) mass is 315 g/mol. The van der Waals surface area contributed by atoms with Crippen molar-refractivity contribution in [2.24, 2.45) is 11.7 Å². The van der Waals surface area contributed by atoms with Crippen LogP contribution in [-0.4, -0.2) is 24.7 Å². The van der Waals surface area contributed by atoms with E-state index in [0.29, 0.717) is 12.1 Å². The molecule has 1 aliphatic carbocycles. The van der Waals surface area contributed by atoms with E-state index in [0.717, 1.165) is 19.3 Å². The van der Waals surface area contributed by atoms with E-state index in [9.17, 15) is 18.0 Å². The molecule has 1 aliphatic rings. The second-order valence-corrected chi connectivity index (χ2v) is 5.63. The van der Waals surface area contributed by atoms with Crippen molar-refractivity contribution in [1.29, 1.82) is 0 Å². The number of carbonyl (C=O) groups excluding carboxylic acids is 1. The fourth-order valence-electron chi connectivity index (χ4n) is 2.64. The molecular weight excluding hydrogens is 295 g/mol. The third-order valence-electron chi connectivity index (χ3n) is 3.75. The summed E-state index contributed by atoms with van der Waals surface area (Å²) in [7, 11) is 0. The molecule has 2 atom stereocenters. The highest BCUT2D eigenvalue weighted by Gasteiger charge is 2.28. The maximum atomic E-state index is 12.3. The SMILES string of the molecule is NC1CCCC(C(=O)Nc2ccccc2NCC(F)(F)F)C1. The summed E-state index contributed by atoms with van der Waals surface area (Å²) < 4.78 is 36.9. The Bertz CT molecular complexity index is 519. The number of para-hydroxylation sites is 2. The minimum atomic E-state index is -4.31. The molecule has 4 N–H and O–H groups in total. The third kappa shape index (κ3) is 4.91. The van der Waals surface area contributed by atoms with Gasteiger partial charge in [0.05, 0.1) is 11.4 Å². The molecule has 0 aliphatic heterocycles. The van der Waals surface area contributed by atoms with Crippen molar-refractivity contribution in [3.63, 3.8) is 0 Å². The third-order valence-corrected chi connectivity index (χ3v) is 3.75. The molecule has 0 heterocycles. The normalized spacial score (nSPS) is 22.2. The Morgan fingerprint density at radius 3 is 2.55 bits per heavy atom. The van der Waals surface area contributed by atoms with Crippen LogP contribution in [-0.2, 0) is 4.79 Å². The number of hydrogen-bond acceptors (Lipinski definition) is 3. The van der Waals surface area contributed by atoms with Crippen molar-refractivity contribution in [2.45, 2.75) is 37.9 Å². The molecule has 2 unspecified atom stereocenters. The van der Waals surface area contributed by atoms with Gasteiger partial charge in [-0.15, -0.1) is 0 Å². The fraction of sp³-hybridized carbons (Fsp3) is 0.533. The number of amides is 1. The van der Waals surface area contributed by atoms with Gasteiger partial charge in [0.25, 0.3) is 0 Å². The van der Waals surface area contributed by atoms with Gasteiger partial charge in [-0.3, -0.25) is 4.79 Å². The standard InChI is InChI=1S/C15H20F3N3O/c16-15(17,18)9-20-12-6-1-2-7-13(12)21-14(22)10-4-3-5-11(19)8-10/h1-2,6-7,10-11,20H,3-5,8-9,19H2,(H,21,22). The van der Waals surface area contributed by atoms with E-state index in [-0.39, 0.29) is 23.6 Å². The zero-order chi connectivity index (χ0) is 16.2. The van der Waals surface area contributed by atoms with Crippen LogP contribution in [0.1, 0.15) is 25.7 Å². The average Bonchev–Trinajstić information content (AvgIpc) is 2.45. The topological polar surface area (TPSA) is 67.2 Å². The van der Waals surface area contributed by atoms with Gasteiger partial charge in [-0.2, -0.15) is 13.2 Å². The predicted octanol–water partition coefficient (Wildman–Crippen LogP) is 3.12. The Hall–Kier alpha value is -1.76. The lowest BCUT2D eigenvalue weighted by atomic mass is 9.85. The summed E-state index contributed by atoms with van der Waals surface area (Å²) in [4.78, 5) is 12.2. The summed E-state index contributed by atoms with van der Waals surface area (Å²) >= 11 is 0. The molecule has 0 aromatic heterocycles. The molecule has 7 heteroatoms. The van der Waals surface area contributed by atoms with Crippen LogP contribution in [0.4, 0.5) is 24.5 Å². The van der Waals surface area contributed by atoms with Crippen molar-refractivity contribution in [3.8, 4) is 0 Å². The number of rotatable bonds is 4. The zero-order valence-electron chi connectivity index (χ0n) is 12.1. The van der Waals surface area contributed by atoms with Gasteiger partial charge < -0.3 is 16.4 Å². The van der Waals surface area contributed by atoms with Crippen LogP contribution in [0.2, 0.25) is 0 Å². The Labute approximate surface area is 127 Å². The van der Waals surface area contributed by atoms with E-state index < -0.39 is 12.7 Å². The lowest BCUT2D eigenvalue weighted by Crippen LogP contribution is -2.34. The zero-order valence-corrected chi connectivity index (χ0v) is 12.1. The number of nitrogens with one attached hydrogen (secondary N) is 2. The summed E-state index contributed by atoms with van der Waals surface area (Å²) in [6.07, 6.45) is -1.13. The number of carbonyl (C=O) groups is 1. The minimum Gasteiger partial charge on any atom is -0.375 e. The van der Waals surface area contributed by atoms with Crippen LogP contribution >= 0.6 is 0 Å². The van der Waals surface area contributed by atoms with Crippen LogP contribution in [0.15, 0.2) is 24.3 Å². The van der Waals surface area contributed by atoms with Gasteiger partial charge >= 0.3 is 6.18 Å². The summed E-state index contributed by atoms with van der Waals surface area (Å²) in [5.41, 5.74) is 6.48. The Morgan fingerprint density at radius 2 is 1.91 bits per heavy atom. The first-order chi connectivity index (χ1) is 10.3. The highest BCUT2D eigenvalue weighted by molar-refractivity contribution is 5.95. The Balaban J connectivity index is 2.01. The maximum Gasteiger partial charge on any atom is 0.405 e. The number of anilines is 2. The molecule has 0 saturated heterocycles. The molecule has 122 valence electrons. The first-order valence-electron chi connectivity index (χ1n) is 7.31. The predicted molar refractivity (Wildman–Crippen MR) is 79.5 cm³/mol. The molecule has 2 rings (SSSR count). The number of alkyl halides is 3. The van der Waals surface area contributed by atoms with Crippen LogP contribution in [0.3, 0.4) is 0 Å². The number of nitrogens with two attached hydrogens (primary N) is 1. The lowest BCUT2D eigenvalue weighted by molar-refractivity contribution is -0.121. The van der Waals surface area contributed by atoms with Crippen LogP contribution < -0.4 is 16.4 Å². The van der Waals surface area contributed by atoms with Gasteiger partial charge in [0.15, 0.2) is 0 Å². The molecule has 0 radical (unpaired) electrons. The maximum absolute atomic E-state index is 12.3. The molecular formula is C15H20F3N3O. The summed E-state index contributed by atoms with van der Waals surface area (Å²) in [6, 6.07) is 6.39. The largest absolute Gasteiger partial charge is 0.405 e. The summed E-state index contributed by atoms with van der Waals surface area (Å²) in [5, 5.41) is 5.02. The van der Waals surface area contributed by atoms with Gasteiger partial charge in [-0.1, -0.05) is 18.6 Å². The molecule has 4 nitrogen and oxygen atoms in total. The summed E-state index contributed by atoms with van der Waals surface area (Å²) in [6.45, 7) is -1.14. The van der Waals surface area contributed by atoms with Gasteiger partial charge in [-0.25, -0.2) is 0 Å². The molecule has 1 amide bonds. The Kier molecular flexibility index (Phi) is 5.28. The molecule has 0 bridgehead atoms. The fourth-order valence-corrected chi connectivity index (χ4v) is 2.64. The van der Waals surface area contributed by atoms with Gasteiger partial charge in [0.2, 0.25) is 5.91 Å². The summed E-state index contributed by atoms with van der Waals surface area (Å²) in [5.74, 6) is -0.365. The van der Waals surface area contributed by atoms with E-state index >= 15 is 0 Å². The second-order valence-electron chi connectivity index (χ2n) is 5.63. The molecule has 1 aromatic rings. The number of halogens is 3. The van der Waals surface area contributed by atoms with Crippen molar-refractivity contribution < 1.29 is 18.0 Å². The molecule has 22 heavy (non-hydrogen) atoms. The van der Waals surface area contributed by atoms with Crippen molar-refractivity contribution in [2.75, 3.05) is 17.2 Å². The first-order valence-corrected chi connectivity index (χ1v) is 7.31. The second kappa shape index (κ2) is 7.00. The van der Waals surface area contributed by atoms with E-state index in [1.807, 2.05) is 0 Å². The number of benzene rings is 1. The van der Waals surface area contributed by atoms with Gasteiger partial charge in [-0.05, 0) is 31.4 Å². The van der Waals surface area contributed by atoms with Crippen LogP contribution in [0, 0.1) is 5.92 Å². The van der Waals surface area contributed by atoms with E-state index in [4.69, 9.17) is 5.73 Å². The quantitative estimate of drug-likeness (QED) is 0.800. The minimum absolute atomic E-state index is 0.0168. The van der Waals surface area contributed by atoms with Crippen molar-refractivity contribution in [3.05, 3.63) is 24.3 Å². The highest BCUT2D eigenvalue weighted by Crippen LogP contribution is 2.27. The molecule has 1 saturated carbocycles. The molecule has 1 fully saturated rings. The highest BCUT2D eigenvalue weighted by atomic mass is 19.4. The smallest absolute Gasteiger partial charge is 0.375 e. The van der Waals surface area contributed by atoms with Crippen LogP contribution in [0.25, 0.3) is 0 Å². The lowest BCUT2D eigenvalue weighted by Gasteiger charge is -2.26. The van der Waals surface area contributed by atoms with Gasteiger partial charge in [0.1, 0.15) is 6.54 Å². The first kappa shape index (κ1) is 16.6. The molecule has 1 aromatic carbocycles. The average molecular weight is 315 g/mol. The van der Waals surface area contributed by atoms with E-state index in [2.05, 4.69) is 10.6 Å². The number of hydrogen-bond donors (Lipinski definition) is 3. The Morgan fingerprint density at radius 1 is 1.23 bits per heavy atom. The van der Waals surface area contributed by atoms with Crippen molar-refractivity contribution >= 4 is 17.3 Å². The van der Waals surface area contributed by atoms with E-state index in [1.165, 1.54) is 6.07 Å². The van der Waals surface area contributed by atoms with Crippen LogP contribution in [0.5, 0.6) is 0 Å².